The topological polar surface area (TPSA) is 97.4 Å². The quantitative estimate of drug-likeness (QED) is 0.877. The average Bonchev–Trinajstić information content (AvgIpc) is 2.94. The highest BCUT2D eigenvalue weighted by Gasteiger charge is 2.26. The van der Waals surface area contributed by atoms with Crippen LogP contribution in [0.25, 0.3) is 0 Å². The Kier molecular flexibility index (Phi) is 3.42. The van der Waals surface area contributed by atoms with Crippen LogP contribution in [0.3, 0.4) is 0 Å². The molecule has 0 saturated carbocycles. The fourth-order valence-corrected chi connectivity index (χ4v) is 4.17. The van der Waals surface area contributed by atoms with Crippen molar-refractivity contribution in [3.05, 3.63) is 47.3 Å². The van der Waals surface area contributed by atoms with Gasteiger partial charge in [-0.15, -0.1) is 0 Å². The SMILES string of the molecule is O=C1NCc2cc(NS(=O)(=O)c3cccc4c3OCCC4)cnc21. The molecule has 3 heterocycles. The number of para-hydroxylation sites is 1. The molecule has 0 spiro atoms. The second-order valence-corrected chi connectivity index (χ2v) is 7.37. The van der Waals surface area contributed by atoms with Crippen LogP contribution in [0, 0.1) is 0 Å². The number of carbonyl (C=O) groups is 1. The summed E-state index contributed by atoms with van der Waals surface area (Å²) in [5.41, 5.74) is 2.22. The van der Waals surface area contributed by atoms with Gasteiger partial charge in [0.25, 0.3) is 15.9 Å². The van der Waals surface area contributed by atoms with Gasteiger partial charge in [-0.05, 0) is 30.5 Å². The zero-order chi connectivity index (χ0) is 16.7. The predicted molar refractivity (Wildman–Crippen MR) is 86.5 cm³/mol. The second kappa shape index (κ2) is 5.48. The van der Waals surface area contributed by atoms with Gasteiger partial charge in [-0.1, -0.05) is 12.1 Å². The zero-order valence-corrected chi connectivity index (χ0v) is 13.5. The molecule has 0 unspecified atom stereocenters. The van der Waals surface area contributed by atoms with Crippen molar-refractivity contribution in [2.24, 2.45) is 0 Å². The normalized spacial score (nSPS) is 15.9. The number of carbonyl (C=O) groups excluding carboxylic acids is 1. The fraction of sp³-hybridized carbons (Fsp3) is 0.250. The first-order valence-corrected chi connectivity index (χ1v) is 9.07. The Morgan fingerprint density at radius 1 is 1.25 bits per heavy atom. The molecule has 0 saturated heterocycles. The monoisotopic (exact) mass is 345 g/mol. The van der Waals surface area contributed by atoms with Gasteiger partial charge in [0.15, 0.2) is 0 Å². The van der Waals surface area contributed by atoms with E-state index >= 15 is 0 Å². The van der Waals surface area contributed by atoms with Gasteiger partial charge in [0, 0.05) is 12.1 Å². The fourth-order valence-electron chi connectivity index (χ4n) is 2.95. The minimum atomic E-state index is -3.81. The number of rotatable bonds is 3. The highest BCUT2D eigenvalue weighted by Crippen LogP contribution is 2.33. The Bertz CT molecular complexity index is 940. The number of amides is 1. The number of anilines is 1. The molecule has 2 aliphatic heterocycles. The van der Waals surface area contributed by atoms with Crippen LogP contribution in [-0.4, -0.2) is 25.9 Å². The molecule has 0 radical (unpaired) electrons. The lowest BCUT2D eigenvalue weighted by Crippen LogP contribution is -2.18. The summed E-state index contributed by atoms with van der Waals surface area (Å²) in [7, 11) is -3.81. The van der Waals surface area contributed by atoms with Gasteiger partial charge in [-0.2, -0.15) is 0 Å². The Balaban J connectivity index is 1.69. The van der Waals surface area contributed by atoms with Crippen LogP contribution in [0.2, 0.25) is 0 Å². The van der Waals surface area contributed by atoms with Crippen molar-refractivity contribution < 1.29 is 17.9 Å². The molecule has 1 aromatic heterocycles. The van der Waals surface area contributed by atoms with Gasteiger partial charge < -0.3 is 10.1 Å². The van der Waals surface area contributed by atoms with Crippen molar-refractivity contribution in [3.8, 4) is 5.75 Å². The van der Waals surface area contributed by atoms with Crippen LogP contribution in [0.4, 0.5) is 5.69 Å². The number of hydrogen-bond acceptors (Lipinski definition) is 5. The number of aryl methyl sites for hydroxylation is 1. The summed E-state index contributed by atoms with van der Waals surface area (Å²) in [5, 5.41) is 2.65. The Morgan fingerprint density at radius 3 is 3.00 bits per heavy atom. The minimum Gasteiger partial charge on any atom is -0.492 e. The number of sulfonamides is 1. The van der Waals surface area contributed by atoms with Crippen molar-refractivity contribution in [2.45, 2.75) is 24.3 Å². The molecule has 0 aliphatic carbocycles. The summed E-state index contributed by atoms with van der Waals surface area (Å²) in [4.78, 5) is 15.7. The molecule has 0 fully saturated rings. The predicted octanol–water partition coefficient (Wildman–Crippen LogP) is 1.45. The van der Waals surface area contributed by atoms with Gasteiger partial charge in [0.05, 0.1) is 18.5 Å². The van der Waals surface area contributed by atoms with E-state index in [4.69, 9.17) is 4.74 Å². The molecule has 2 aliphatic rings. The first-order chi connectivity index (χ1) is 11.5. The van der Waals surface area contributed by atoms with E-state index in [1.54, 1.807) is 12.1 Å². The maximum atomic E-state index is 12.7. The number of aromatic nitrogens is 1. The Hall–Kier alpha value is -2.61. The minimum absolute atomic E-state index is 0.120. The second-order valence-electron chi connectivity index (χ2n) is 5.72. The maximum Gasteiger partial charge on any atom is 0.270 e. The third kappa shape index (κ3) is 2.48. The summed E-state index contributed by atoms with van der Waals surface area (Å²) in [6.07, 6.45) is 3.02. The molecule has 124 valence electrons. The van der Waals surface area contributed by atoms with E-state index in [-0.39, 0.29) is 10.8 Å². The van der Waals surface area contributed by atoms with Crippen LogP contribution in [0.5, 0.6) is 5.75 Å². The lowest BCUT2D eigenvalue weighted by atomic mass is 10.1. The standard InChI is InChI=1S/C16H15N3O4S/c20-16-14-11(8-18-16)7-12(9-17-14)19-24(21,22)13-5-1-3-10-4-2-6-23-15(10)13/h1,3,5,7,9,19H,2,4,6,8H2,(H,18,20). The molecule has 0 atom stereocenters. The van der Waals surface area contributed by atoms with Crippen molar-refractivity contribution in [3.63, 3.8) is 0 Å². The molecule has 2 aromatic rings. The van der Waals surface area contributed by atoms with Crippen LogP contribution in [-0.2, 0) is 23.0 Å². The number of benzene rings is 1. The largest absolute Gasteiger partial charge is 0.492 e. The van der Waals surface area contributed by atoms with Gasteiger partial charge in [0.2, 0.25) is 0 Å². The number of pyridine rings is 1. The van der Waals surface area contributed by atoms with Crippen molar-refractivity contribution in [1.82, 2.24) is 10.3 Å². The van der Waals surface area contributed by atoms with Gasteiger partial charge in [0.1, 0.15) is 16.3 Å². The zero-order valence-electron chi connectivity index (χ0n) is 12.7. The third-order valence-electron chi connectivity index (χ3n) is 4.06. The summed E-state index contributed by atoms with van der Waals surface area (Å²) in [5.74, 6) is 0.173. The number of hydrogen-bond donors (Lipinski definition) is 2. The first kappa shape index (κ1) is 14.9. The van der Waals surface area contributed by atoms with Gasteiger partial charge in [-0.3, -0.25) is 9.52 Å². The third-order valence-corrected chi connectivity index (χ3v) is 5.47. The van der Waals surface area contributed by atoms with E-state index < -0.39 is 10.0 Å². The van der Waals surface area contributed by atoms with E-state index in [0.29, 0.717) is 35.8 Å². The van der Waals surface area contributed by atoms with Gasteiger partial charge >= 0.3 is 0 Å². The van der Waals surface area contributed by atoms with Crippen LogP contribution < -0.4 is 14.8 Å². The van der Waals surface area contributed by atoms with Crippen molar-refractivity contribution in [2.75, 3.05) is 11.3 Å². The first-order valence-electron chi connectivity index (χ1n) is 7.59. The van der Waals surface area contributed by atoms with Crippen LogP contribution in [0.15, 0.2) is 35.4 Å². The molecular weight excluding hydrogens is 330 g/mol. The summed E-state index contributed by atoms with van der Waals surface area (Å²) in [6, 6.07) is 6.74. The molecule has 2 N–H and O–H groups in total. The molecule has 8 heteroatoms. The number of fused-ring (bicyclic) bond motifs is 2. The number of nitrogens with one attached hydrogen (secondary N) is 2. The van der Waals surface area contributed by atoms with E-state index in [1.807, 2.05) is 6.07 Å². The molecule has 7 nitrogen and oxygen atoms in total. The molecule has 4 rings (SSSR count). The number of nitrogens with zero attached hydrogens (tertiary/aromatic N) is 1. The van der Waals surface area contributed by atoms with Crippen molar-refractivity contribution >= 4 is 21.6 Å². The summed E-state index contributed by atoms with van der Waals surface area (Å²) in [6.45, 7) is 0.855. The van der Waals surface area contributed by atoms with Crippen molar-refractivity contribution in [1.29, 1.82) is 0 Å². The summed E-state index contributed by atoms with van der Waals surface area (Å²) >= 11 is 0. The lowest BCUT2D eigenvalue weighted by Gasteiger charge is -2.20. The van der Waals surface area contributed by atoms with Crippen LogP contribution >= 0.6 is 0 Å². The Morgan fingerprint density at radius 2 is 2.12 bits per heavy atom. The van der Waals surface area contributed by atoms with E-state index in [1.165, 1.54) is 12.3 Å². The average molecular weight is 345 g/mol. The lowest BCUT2D eigenvalue weighted by molar-refractivity contribution is 0.0961. The highest BCUT2D eigenvalue weighted by atomic mass is 32.2. The molecule has 24 heavy (non-hydrogen) atoms. The smallest absolute Gasteiger partial charge is 0.270 e. The van der Waals surface area contributed by atoms with Crippen LogP contribution in [0.1, 0.15) is 28.0 Å². The molecule has 0 bridgehead atoms. The Labute approximate surface area is 139 Å². The van der Waals surface area contributed by atoms with E-state index in [9.17, 15) is 13.2 Å². The highest BCUT2D eigenvalue weighted by molar-refractivity contribution is 7.92. The number of ether oxygens (including phenoxy) is 1. The summed E-state index contributed by atoms with van der Waals surface area (Å²) < 4.78 is 33.6. The maximum absolute atomic E-state index is 12.7. The molecular formula is C16H15N3O4S. The molecule has 1 amide bonds. The molecule has 1 aromatic carbocycles. The van der Waals surface area contributed by atoms with Gasteiger partial charge in [-0.25, -0.2) is 13.4 Å². The van der Waals surface area contributed by atoms with E-state index in [0.717, 1.165) is 18.4 Å². The van der Waals surface area contributed by atoms with E-state index in [2.05, 4.69) is 15.0 Å².